The lowest BCUT2D eigenvalue weighted by Gasteiger charge is -2.47. The topological polar surface area (TPSA) is 72.0 Å². The van der Waals surface area contributed by atoms with Crippen LogP contribution in [0.5, 0.6) is 11.5 Å². The molecule has 38 heavy (non-hydrogen) atoms. The lowest BCUT2D eigenvalue weighted by atomic mass is 9.71. The number of hydrogen-bond donors (Lipinski definition) is 0. The molecule has 5 rings (SSSR count). The van der Waals surface area contributed by atoms with E-state index in [9.17, 15) is 22.8 Å². The van der Waals surface area contributed by atoms with E-state index in [-0.39, 0.29) is 22.5 Å². The summed E-state index contributed by atoms with van der Waals surface area (Å²) in [6.45, 7) is 8.29. The molecule has 3 aliphatic heterocycles. The van der Waals surface area contributed by atoms with Crippen LogP contribution < -0.4 is 9.47 Å². The number of nitrogens with zero attached hydrogens (tertiary/aromatic N) is 3. The van der Waals surface area contributed by atoms with Crippen molar-refractivity contribution < 1.29 is 32.2 Å². The first kappa shape index (κ1) is 26.5. The largest absolute Gasteiger partial charge is 0.491 e. The molecule has 2 aromatic rings. The van der Waals surface area contributed by atoms with Crippen LogP contribution in [0.15, 0.2) is 36.7 Å². The van der Waals surface area contributed by atoms with Gasteiger partial charge in [-0.25, -0.2) is 4.79 Å². The van der Waals surface area contributed by atoms with Crippen LogP contribution in [-0.4, -0.2) is 64.6 Å². The Morgan fingerprint density at radius 1 is 1.05 bits per heavy atom. The van der Waals surface area contributed by atoms with E-state index in [1.165, 1.54) is 17.3 Å². The summed E-state index contributed by atoms with van der Waals surface area (Å²) >= 11 is 0. The van der Waals surface area contributed by atoms with Crippen LogP contribution in [0.25, 0.3) is 0 Å². The number of amides is 1. The average Bonchev–Trinajstić information content (AvgIpc) is 3.20. The molecule has 3 aliphatic rings. The van der Waals surface area contributed by atoms with E-state index in [0.29, 0.717) is 13.1 Å². The van der Waals surface area contributed by atoms with Gasteiger partial charge in [-0.3, -0.25) is 14.7 Å². The van der Waals surface area contributed by atoms with Crippen molar-refractivity contribution in [2.24, 2.45) is 5.41 Å². The number of piperidine rings is 2. The predicted octanol–water partition coefficient (Wildman–Crippen LogP) is 4.78. The van der Waals surface area contributed by atoms with Gasteiger partial charge in [0.1, 0.15) is 17.1 Å². The summed E-state index contributed by atoms with van der Waals surface area (Å²) in [6, 6.07) is 7.45. The molecule has 204 valence electrons. The van der Waals surface area contributed by atoms with Crippen LogP contribution >= 0.6 is 0 Å². The van der Waals surface area contributed by atoms with Crippen LogP contribution in [0, 0.1) is 5.41 Å². The number of ether oxygens (including phenoxy) is 2. The number of benzene rings is 1. The Balaban J connectivity index is 1.14. The maximum Gasteiger partial charge on any atom is 0.491 e. The van der Waals surface area contributed by atoms with Crippen molar-refractivity contribution in [3.8, 4) is 11.5 Å². The van der Waals surface area contributed by atoms with E-state index in [1.54, 1.807) is 4.90 Å². The third-order valence-electron chi connectivity index (χ3n) is 8.04. The van der Waals surface area contributed by atoms with Crippen molar-refractivity contribution in [3.63, 3.8) is 0 Å². The molecule has 7 nitrogen and oxygen atoms in total. The molecule has 4 heterocycles. The summed E-state index contributed by atoms with van der Waals surface area (Å²) in [4.78, 5) is 32.1. The minimum absolute atomic E-state index is 0.103. The Labute approximate surface area is 219 Å². The number of rotatable bonds is 4. The maximum absolute atomic E-state index is 13.0. The van der Waals surface area contributed by atoms with Gasteiger partial charge in [0, 0.05) is 37.8 Å². The maximum atomic E-state index is 13.0. The molecule has 0 unspecified atom stereocenters. The molecular formula is C28H32F3N3O4. The number of halogens is 3. The smallest absolute Gasteiger partial charge is 0.487 e. The normalized spacial score (nSPS) is 20.6. The number of likely N-dealkylation sites (tertiary alicyclic amines) is 2. The molecule has 0 N–H and O–H groups in total. The number of esters is 1. The molecule has 2 saturated heterocycles. The number of aromatic nitrogens is 1. The van der Waals surface area contributed by atoms with Crippen molar-refractivity contribution in [3.05, 3.63) is 53.3 Å². The standard InChI is InChI=1S/C28H32F3N3O4/c1-26(2)15-22-19(4-3-5-23(22)38-26)18-33-10-6-27(7-11-33)8-12-34(13-9-27)24(35)20-14-21(17-32-16-20)37-25(36)28(29,30)31/h3-5,14,16-17H,6-13,15,18H2,1-2H3. The van der Waals surface area contributed by atoms with Gasteiger partial charge in [0.15, 0.2) is 0 Å². The lowest BCUT2D eigenvalue weighted by molar-refractivity contribution is -0.189. The molecule has 1 aromatic carbocycles. The Kier molecular flexibility index (Phi) is 6.87. The quantitative estimate of drug-likeness (QED) is 0.529. The highest BCUT2D eigenvalue weighted by molar-refractivity contribution is 5.94. The molecule has 1 spiro atoms. The van der Waals surface area contributed by atoms with Crippen LogP contribution in [0.3, 0.4) is 0 Å². The Hall–Kier alpha value is -3.14. The average molecular weight is 532 g/mol. The van der Waals surface area contributed by atoms with Crippen molar-refractivity contribution in [1.82, 2.24) is 14.8 Å². The van der Waals surface area contributed by atoms with Gasteiger partial charge in [-0.1, -0.05) is 12.1 Å². The van der Waals surface area contributed by atoms with E-state index in [2.05, 4.69) is 46.7 Å². The van der Waals surface area contributed by atoms with Gasteiger partial charge in [0.25, 0.3) is 5.91 Å². The first-order valence-corrected chi connectivity index (χ1v) is 13.0. The molecule has 0 saturated carbocycles. The fourth-order valence-electron chi connectivity index (χ4n) is 5.86. The van der Waals surface area contributed by atoms with E-state index in [4.69, 9.17) is 4.74 Å². The molecule has 0 bridgehead atoms. The van der Waals surface area contributed by atoms with E-state index < -0.39 is 17.9 Å². The van der Waals surface area contributed by atoms with Crippen molar-refractivity contribution in [2.45, 2.75) is 64.3 Å². The number of pyridine rings is 1. The zero-order valence-corrected chi connectivity index (χ0v) is 21.6. The zero-order chi connectivity index (χ0) is 27.1. The monoisotopic (exact) mass is 531 g/mol. The second kappa shape index (κ2) is 9.87. The van der Waals surface area contributed by atoms with Gasteiger partial charge in [0.05, 0.1) is 11.8 Å². The number of alkyl halides is 3. The first-order chi connectivity index (χ1) is 17.9. The molecule has 1 aromatic heterocycles. The van der Waals surface area contributed by atoms with E-state index >= 15 is 0 Å². The van der Waals surface area contributed by atoms with E-state index in [1.807, 2.05) is 0 Å². The van der Waals surface area contributed by atoms with Gasteiger partial charge in [-0.2, -0.15) is 13.2 Å². The number of carbonyl (C=O) groups excluding carboxylic acids is 2. The summed E-state index contributed by atoms with van der Waals surface area (Å²) < 4.78 is 47.9. The molecule has 2 fully saturated rings. The Morgan fingerprint density at radius 3 is 2.42 bits per heavy atom. The molecular weight excluding hydrogens is 499 g/mol. The van der Waals surface area contributed by atoms with E-state index in [0.717, 1.165) is 69.8 Å². The molecule has 0 atom stereocenters. The first-order valence-electron chi connectivity index (χ1n) is 13.0. The van der Waals surface area contributed by atoms with Crippen LogP contribution in [0.4, 0.5) is 13.2 Å². The summed E-state index contributed by atoms with van der Waals surface area (Å²) in [5.41, 5.74) is 2.78. The highest BCUT2D eigenvalue weighted by Gasteiger charge is 2.42. The number of fused-ring (bicyclic) bond motifs is 1. The second-order valence-corrected chi connectivity index (χ2v) is 11.3. The fourth-order valence-corrected chi connectivity index (χ4v) is 5.86. The van der Waals surface area contributed by atoms with Crippen LogP contribution in [0.2, 0.25) is 0 Å². The minimum atomic E-state index is -5.12. The third-order valence-corrected chi connectivity index (χ3v) is 8.04. The highest BCUT2D eigenvalue weighted by Crippen LogP contribution is 2.43. The van der Waals surface area contributed by atoms with Crippen LogP contribution in [0.1, 0.15) is 61.0 Å². The van der Waals surface area contributed by atoms with Crippen molar-refractivity contribution in [1.29, 1.82) is 0 Å². The Morgan fingerprint density at radius 2 is 1.74 bits per heavy atom. The second-order valence-electron chi connectivity index (χ2n) is 11.3. The number of carbonyl (C=O) groups is 2. The summed E-state index contributed by atoms with van der Waals surface area (Å²) in [6.07, 6.45) is 1.95. The molecule has 1 amide bonds. The SMILES string of the molecule is CC1(C)Cc2c(CN3CCC4(CC3)CCN(C(=O)c3cncc(OC(=O)C(F)(F)F)c3)CC4)cccc2O1. The zero-order valence-electron chi connectivity index (χ0n) is 21.6. The fraction of sp³-hybridized carbons (Fsp3) is 0.536. The van der Waals surface area contributed by atoms with Gasteiger partial charge < -0.3 is 14.4 Å². The lowest BCUT2D eigenvalue weighted by Crippen LogP contribution is -2.48. The summed E-state index contributed by atoms with van der Waals surface area (Å²) in [5, 5.41) is 0. The molecule has 0 aliphatic carbocycles. The Bertz CT molecular complexity index is 1210. The van der Waals surface area contributed by atoms with Gasteiger partial charge in [-0.05, 0) is 75.7 Å². The third kappa shape index (κ3) is 5.65. The van der Waals surface area contributed by atoms with Crippen molar-refractivity contribution >= 4 is 11.9 Å². The van der Waals surface area contributed by atoms with Gasteiger partial charge >= 0.3 is 12.1 Å². The highest BCUT2D eigenvalue weighted by atomic mass is 19.4. The summed E-state index contributed by atoms with van der Waals surface area (Å²) in [5.74, 6) is -2.07. The van der Waals surface area contributed by atoms with Gasteiger partial charge in [0.2, 0.25) is 0 Å². The molecule has 10 heteroatoms. The van der Waals surface area contributed by atoms with Crippen molar-refractivity contribution in [2.75, 3.05) is 26.2 Å². The predicted molar refractivity (Wildman–Crippen MR) is 133 cm³/mol. The summed E-state index contributed by atoms with van der Waals surface area (Å²) in [7, 11) is 0. The van der Waals surface area contributed by atoms with Gasteiger partial charge in [-0.15, -0.1) is 0 Å². The van der Waals surface area contributed by atoms with Crippen LogP contribution in [-0.2, 0) is 17.8 Å². The number of hydrogen-bond acceptors (Lipinski definition) is 6. The molecule has 0 radical (unpaired) electrons. The minimum Gasteiger partial charge on any atom is -0.487 e.